The molecule has 0 bridgehead atoms. The lowest BCUT2D eigenvalue weighted by atomic mass is 9.82. The fourth-order valence-electron chi connectivity index (χ4n) is 3.81. The van der Waals surface area contributed by atoms with Crippen molar-refractivity contribution in [3.8, 4) is 0 Å². The number of benzene rings is 1. The van der Waals surface area contributed by atoms with Crippen molar-refractivity contribution in [1.82, 2.24) is 4.90 Å². The second-order valence-corrected chi connectivity index (χ2v) is 6.68. The van der Waals surface area contributed by atoms with E-state index in [1.807, 2.05) is 0 Å². The van der Waals surface area contributed by atoms with E-state index in [9.17, 15) is 4.79 Å². The summed E-state index contributed by atoms with van der Waals surface area (Å²) in [6.45, 7) is 3.07. The molecule has 0 radical (unpaired) electrons. The van der Waals surface area contributed by atoms with Gasteiger partial charge in [-0.25, -0.2) is 0 Å². The standard InChI is InChI=1S/C19H28N2O2/c20-11-4-14-23-16-9-12-21(13-10-16)19(22)18-8-3-6-15-5-1-2-7-17(15)18/h1-2,5,7,16,18H,3-4,6,8-14,20H2. The van der Waals surface area contributed by atoms with Gasteiger partial charge in [-0.1, -0.05) is 24.3 Å². The third-order valence-electron chi connectivity index (χ3n) is 5.12. The molecule has 4 nitrogen and oxygen atoms in total. The normalized spacial score (nSPS) is 22.0. The number of rotatable bonds is 5. The number of nitrogens with two attached hydrogens (primary N) is 1. The fourth-order valence-corrected chi connectivity index (χ4v) is 3.81. The molecule has 1 aliphatic carbocycles. The number of ether oxygens (including phenoxy) is 1. The summed E-state index contributed by atoms with van der Waals surface area (Å²) in [5.74, 6) is 0.382. The van der Waals surface area contributed by atoms with Crippen LogP contribution in [0.15, 0.2) is 24.3 Å². The Balaban J connectivity index is 1.56. The molecule has 1 atom stereocenters. The summed E-state index contributed by atoms with van der Waals surface area (Å²) in [4.78, 5) is 15.0. The molecular weight excluding hydrogens is 288 g/mol. The highest BCUT2D eigenvalue weighted by Crippen LogP contribution is 2.33. The van der Waals surface area contributed by atoms with Gasteiger partial charge in [0.05, 0.1) is 12.0 Å². The summed E-state index contributed by atoms with van der Waals surface area (Å²) in [6, 6.07) is 8.45. The zero-order valence-corrected chi connectivity index (χ0v) is 13.9. The van der Waals surface area contributed by atoms with E-state index in [-0.39, 0.29) is 5.92 Å². The monoisotopic (exact) mass is 316 g/mol. The molecule has 0 spiro atoms. The molecule has 1 aliphatic heterocycles. The first-order valence-corrected chi connectivity index (χ1v) is 8.98. The third-order valence-corrected chi connectivity index (χ3v) is 5.12. The summed E-state index contributed by atoms with van der Waals surface area (Å²) in [6.07, 6.45) is 6.32. The van der Waals surface area contributed by atoms with Crippen molar-refractivity contribution < 1.29 is 9.53 Å². The van der Waals surface area contributed by atoms with Gasteiger partial charge in [0.2, 0.25) is 5.91 Å². The van der Waals surface area contributed by atoms with Crippen LogP contribution < -0.4 is 5.73 Å². The smallest absolute Gasteiger partial charge is 0.230 e. The number of aryl methyl sites for hydroxylation is 1. The minimum absolute atomic E-state index is 0.0645. The molecule has 1 aromatic rings. The molecule has 4 heteroatoms. The Morgan fingerprint density at radius 1 is 1.22 bits per heavy atom. The number of hydrogen-bond donors (Lipinski definition) is 1. The molecule has 1 aromatic carbocycles. The lowest BCUT2D eigenvalue weighted by Gasteiger charge is -2.35. The molecule has 1 fully saturated rings. The van der Waals surface area contributed by atoms with Gasteiger partial charge in [0.15, 0.2) is 0 Å². The molecule has 2 aliphatic rings. The van der Waals surface area contributed by atoms with Gasteiger partial charge in [0.25, 0.3) is 0 Å². The minimum Gasteiger partial charge on any atom is -0.378 e. The number of carbonyl (C=O) groups is 1. The van der Waals surface area contributed by atoms with E-state index >= 15 is 0 Å². The topological polar surface area (TPSA) is 55.6 Å². The number of piperidine rings is 1. The summed E-state index contributed by atoms with van der Waals surface area (Å²) >= 11 is 0. The van der Waals surface area contributed by atoms with Crippen molar-refractivity contribution in [3.05, 3.63) is 35.4 Å². The molecule has 23 heavy (non-hydrogen) atoms. The summed E-state index contributed by atoms with van der Waals surface area (Å²) in [5.41, 5.74) is 8.11. The van der Waals surface area contributed by atoms with Gasteiger partial charge in [-0.05, 0) is 56.2 Å². The van der Waals surface area contributed by atoms with Crippen LogP contribution in [0.25, 0.3) is 0 Å². The van der Waals surface area contributed by atoms with Crippen LogP contribution in [0.4, 0.5) is 0 Å². The first-order chi connectivity index (χ1) is 11.3. The number of likely N-dealkylation sites (tertiary alicyclic amines) is 1. The van der Waals surface area contributed by atoms with Crippen LogP contribution in [0.1, 0.15) is 49.1 Å². The summed E-state index contributed by atoms with van der Waals surface area (Å²) in [7, 11) is 0. The Hall–Kier alpha value is -1.39. The van der Waals surface area contributed by atoms with E-state index < -0.39 is 0 Å². The van der Waals surface area contributed by atoms with Crippen LogP contribution >= 0.6 is 0 Å². The third kappa shape index (κ3) is 3.93. The highest BCUT2D eigenvalue weighted by Gasteiger charge is 2.31. The number of amides is 1. The SMILES string of the molecule is NCCCOC1CCN(C(=O)C2CCCc3ccccc32)CC1. The average Bonchev–Trinajstić information content (AvgIpc) is 2.61. The molecule has 0 aromatic heterocycles. The molecule has 1 unspecified atom stereocenters. The zero-order chi connectivity index (χ0) is 16.1. The van der Waals surface area contributed by atoms with E-state index in [4.69, 9.17) is 10.5 Å². The number of hydrogen-bond acceptors (Lipinski definition) is 3. The van der Waals surface area contributed by atoms with Gasteiger partial charge in [0, 0.05) is 19.7 Å². The van der Waals surface area contributed by atoms with Gasteiger partial charge in [-0.2, -0.15) is 0 Å². The number of nitrogens with zero attached hydrogens (tertiary/aromatic N) is 1. The lowest BCUT2D eigenvalue weighted by molar-refractivity contribution is -0.135. The largest absolute Gasteiger partial charge is 0.378 e. The van der Waals surface area contributed by atoms with E-state index in [0.29, 0.717) is 18.6 Å². The second kappa shape index (κ2) is 7.93. The quantitative estimate of drug-likeness (QED) is 0.849. The average molecular weight is 316 g/mol. The molecule has 1 amide bonds. The van der Waals surface area contributed by atoms with Gasteiger partial charge in [-0.3, -0.25) is 4.79 Å². The molecule has 0 saturated carbocycles. The first kappa shape index (κ1) is 16.5. The lowest BCUT2D eigenvalue weighted by Crippen LogP contribution is -2.43. The predicted octanol–water partition coefficient (Wildman–Crippen LogP) is 2.46. The van der Waals surface area contributed by atoms with Crippen LogP contribution in [-0.4, -0.2) is 43.2 Å². The van der Waals surface area contributed by atoms with Crippen molar-refractivity contribution in [1.29, 1.82) is 0 Å². The highest BCUT2D eigenvalue weighted by molar-refractivity contribution is 5.84. The Morgan fingerprint density at radius 2 is 2.00 bits per heavy atom. The first-order valence-electron chi connectivity index (χ1n) is 8.98. The van der Waals surface area contributed by atoms with Crippen molar-refractivity contribution >= 4 is 5.91 Å². The van der Waals surface area contributed by atoms with Crippen LogP contribution in [0, 0.1) is 0 Å². The van der Waals surface area contributed by atoms with E-state index in [0.717, 1.165) is 58.2 Å². The van der Waals surface area contributed by atoms with Crippen LogP contribution in [-0.2, 0) is 16.0 Å². The number of fused-ring (bicyclic) bond motifs is 1. The second-order valence-electron chi connectivity index (χ2n) is 6.68. The van der Waals surface area contributed by atoms with Gasteiger partial charge < -0.3 is 15.4 Å². The van der Waals surface area contributed by atoms with Crippen molar-refractivity contribution in [2.75, 3.05) is 26.2 Å². The maximum atomic E-state index is 13.0. The molecule has 1 saturated heterocycles. The van der Waals surface area contributed by atoms with Crippen LogP contribution in [0.2, 0.25) is 0 Å². The van der Waals surface area contributed by atoms with E-state index in [1.165, 1.54) is 11.1 Å². The van der Waals surface area contributed by atoms with Crippen LogP contribution in [0.3, 0.4) is 0 Å². The predicted molar refractivity (Wildman–Crippen MR) is 91.3 cm³/mol. The van der Waals surface area contributed by atoms with Gasteiger partial charge in [0.1, 0.15) is 0 Å². The Labute approximate surface area is 139 Å². The molecular formula is C19H28N2O2. The maximum absolute atomic E-state index is 13.0. The summed E-state index contributed by atoms with van der Waals surface area (Å²) < 4.78 is 5.84. The fraction of sp³-hybridized carbons (Fsp3) is 0.632. The Bertz CT molecular complexity index is 524. The van der Waals surface area contributed by atoms with E-state index in [2.05, 4.69) is 29.2 Å². The van der Waals surface area contributed by atoms with Crippen molar-refractivity contribution in [2.24, 2.45) is 5.73 Å². The number of carbonyl (C=O) groups excluding carboxylic acids is 1. The molecule has 2 N–H and O–H groups in total. The van der Waals surface area contributed by atoms with Crippen molar-refractivity contribution in [3.63, 3.8) is 0 Å². The molecule has 3 rings (SSSR count). The Morgan fingerprint density at radius 3 is 2.78 bits per heavy atom. The van der Waals surface area contributed by atoms with Gasteiger partial charge >= 0.3 is 0 Å². The summed E-state index contributed by atoms with van der Waals surface area (Å²) in [5, 5.41) is 0. The minimum atomic E-state index is 0.0645. The zero-order valence-electron chi connectivity index (χ0n) is 13.9. The van der Waals surface area contributed by atoms with E-state index in [1.54, 1.807) is 0 Å². The van der Waals surface area contributed by atoms with Crippen molar-refractivity contribution in [2.45, 2.75) is 50.5 Å². The molecule has 1 heterocycles. The Kier molecular flexibility index (Phi) is 5.68. The van der Waals surface area contributed by atoms with Gasteiger partial charge in [-0.15, -0.1) is 0 Å². The van der Waals surface area contributed by atoms with Crippen LogP contribution in [0.5, 0.6) is 0 Å². The highest BCUT2D eigenvalue weighted by atomic mass is 16.5. The molecule has 126 valence electrons. The maximum Gasteiger partial charge on any atom is 0.230 e.